The van der Waals surface area contributed by atoms with E-state index < -0.39 is 27.8 Å². The minimum absolute atomic E-state index is 0.0347. The molecule has 6 nitrogen and oxygen atoms in total. The van der Waals surface area contributed by atoms with Crippen LogP contribution in [0.4, 0.5) is 0 Å². The van der Waals surface area contributed by atoms with Gasteiger partial charge in [-0.1, -0.05) is 0 Å². The standard InChI is InChI=1S/C8H7NO5S2/c1-14-8(11)5-6-4(2-3-15-6)16(12,13)9-7(5)10/h2-3,5H,1H3,(H,9,10). The van der Waals surface area contributed by atoms with E-state index in [1.807, 2.05) is 0 Å². The number of esters is 1. The van der Waals surface area contributed by atoms with Gasteiger partial charge in [-0.05, 0) is 11.4 Å². The zero-order chi connectivity index (χ0) is 11.9. The van der Waals surface area contributed by atoms with Crippen LogP contribution < -0.4 is 4.72 Å². The van der Waals surface area contributed by atoms with Crippen molar-refractivity contribution in [3.05, 3.63) is 16.3 Å². The van der Waals surface area contributed by atoms with Crippen LogP contribution in [0.25, 0.3) is 0 Å². The van der Waals surface area contributed by atoms with Gasteiger partial charge in [0.05, 0.1) is 7.11 Å². The summed E-state index contributed by atoms with van der Waals surface area (Å²) in [6.45, 7) is 0. The van der Waals surface area contributed by atoms with Crippen molar-refractivity contribution >= 4 is 33.2 Å². The highest BCUT2D eigenvalue weighted by Crippen LogP contribution is 2.34. The number of thiophene rings is 1. The number of methoxy groups -OCH3 is 1. The highest BCUT2D eigenvalue weighted by Gasteiger charge is 2.42. The summed E-state index contributed by atoms with van der Waals surface area (Å²) in [5.74, 6) is -2.83. The number of carbonyl (C=O) groups excluding carboxylic acids is 2. The molecule has 1 aromatic heterocycles. The maximum absolute atomic E-state index is 11.5. The van der Waals surface area contributed by atoms with Crippen molar-refractivity contribution in [3.8, 4) is 0 Å². The lowest BCUT2D eigenvalue weighted by atomic mass is 10.1. The van der Waals surface area contributed by atoms with Crippen LogP contribution in [0.3, 0.4) is 0 Å². The van der Waals surface area contributed by atoms with Crippen molar-refractivity contribution in [1.82, 2.24) is 4.72 Å². The molecule has 0 saturated carbocycles. The van der Waals surface area contributed by atoms with Gasteiger partial charge in [-0.2, -0.15) is 0 Å². The molecule has 1 amide bonds. The molecule has 8 heteroatoms. The van der Waals surface area contributed by atoms with Crippen LogP contribution in [0, 0.1) is 0 Å². The van der Waals surface area contributed by atoms with Gasteiger partial charge in [0.25, 0.3) is 15.9 Å². The Bertz CT molecular complexity index is 559. The normalized spacial score (nSPS) is 22.1. The van der Waals surface area contributed by atoms with E-state index in [0.29, 0.717) is 0 Å². The molecule has 1 N–H and O–H groups in total. The fourth-order valence-electron chi connectivity index (χ4n) is 1.44. The number of amides is 1. The van der Waals surface area contributed by atoms with E-state index in [9.17, 15) is 18.0 Å². The third-order valence-electron chi connectivity index (χ3n) is 2.14. The Labute approximate surface area is 95.3 Å². The molecule has 1 aliphatic rings. The summed E-state index contributed by atoms with van der Waals surface area (Å²) in [7, 11) is -2.67. The van der Waals surface area contributed by atoms with Crippen LogP contribution >= 0.6 is 11.3 Å². The van der Waals surface area contributed by atoms with Gasteiger partial charge >= 0.3 is 5.97 Å². The molecule has 1 atom stereocenters. The molecule has 1 aromatic rings. The lowest BCUT2D eigenvalue weighted by molar-refractivity contribution is -0.145. The maximum Gasteiger partial charge on any atom is 0.323 e. The highest BCUT2D eigenvalue weighted by atomic mass is 32.2. The Hall–Kier alpha value is -1.41. The number of sulfonamides is 1. The number of fused-ring (bicyclic) bond motifs is 1. The molecule has 0 radical (unpaired) electrons. The Kier molecular flexibility index (Phi) is 2.47. The number of hydrogen-bond acceptors (Lipinski definition) is 6. The first kappa shape index (κ1) is 11.1. The molecule has 86 valence electrons. The smallest absolute Gasteiger partial charge is 0.323 e. The largest absolute Gasteiger partial charge is 0.468 e. The lowest BCUT2D eigenvalue weighted by Gasteiger charge is -2.20. The fraction of sp³-hybridized carbons (Fsp3) is 0.250. The van der Waals surface area contributed by atoms with Crippen LogP contribution in [-0.2, 0) is 24.3 Å². The molecule has 0 fully saturated rings. The van der Waals surface area contributed by atoms with Crippen LogP contribution in [0.5, 0.6) is 0 Å². The quantitative estimate of drug-likeness (QED) is 0.559. The average Bonchev–Trinajstić information content (AvgIpc) is 2.65. The van der Waals surface area contributed by atoms with Gasteiger partial charge in [0.1, 0.15) is 4.90 Å². The molecular formula is C8H7NO5S2. The Morgan fingerprint density at radius 1 is 1.56 bits per heavy atom. The molecule has 0 spiro atoms. The van der Waals surface area contributed by atoms with Gasteiger partial charge in [0.15, 0.2) is 5.92 Å². The summed E-state index contributed by atoms with van der Waals surface area (Å²) in [4.78, 5) is 23.0. The second-order valence-corrected chi connectivity index (χ2v) is 5.67. The van der Waals surface area contributed by atoms with Gasteiger partial charge in [0, 0.05) is 4.88 Å². The molecule has 0 saturated heterocycles. The number of ether oxygens (including phenoxy) is 1. The SMILES string of the molecule is COC(=O)C1C(=O)NS(=O)(=O)c2ccsc21. The molecule has 0 aliphatic carbocycles. The highest BCUT2D eigenvalue weighted by molar-refractivity contribution is 7.90. The van der Waals surface area contributed by atoms with E-state index in [2.05, 4.69) is 4.74 Å². The molecule has 1 unspecified atom stereocenters. The first-order valence-corrected chi connectivity index (χ1v) is 6.55. The van der Waals surface area contributed by atoms with Crippen LogP contribution in [-0.4, -0.2) is 27.4 Å². The fourth-order valence-corrected chi connectivity index (χ4v) is 4.00. The third kappa shape index (κ3) is 1.50. The van der Waals surface area contributed by atoms with Crippen molar-refractivity contribution in [1.29, 1.82) is 0 Å². The monoisotopic (exact) mass is 261 g/mol. The second kappa shape index (κ2) is 3.56. The van der Waals surface area contributed by atoms with Crippen LogP contribution in [0.1, 0.15) is 10.8 Å². The van der Waals surface area contributed by atoms with E-state index in [1.165, 1.54) is 11.4 Å². The average molecular weight is 261 g/mol. The van der Waals surface area contributed by atoms with Gasteiger partial charge in [-0.3, -0.25) is 9.59 Å². The van der Waals surface area contributed by atoms with Crippen molar-refractivity contribution < 1.29 is 22.7 Å². The topological polar surface area (TPSA) is 89.5 Å². The van der Waals surface area contributed by atoms with Crippen molar-refractivity contribution in [2.75, 3.05) is 7.11 Å². The molecule has 1 aliphatic heterocycles. The predicted octanol–water partition coefficient (Wildman–Crippen LogP) is -0.177. The summed E-state index contributed by atoms with van der Waals surface area (Å²) in [5, 5.41) is 1.51. The van der Waals surface area contributed by atoms with E-state index >= 15 is 0 Å². The molecule has 2 heterocycles. The maximum atomic E-state index is 11.5. The zero-order valence-corrected chi connectivity index (χ0v) is 9.72. The van der Waals surface area contributed by atoms with Crippen molar-refractivity contribution in [3.63, 3.8) is 0 Å². The molecule has 2 rings (SSSR count). The van der Waals surface area contributed by atoms with Crippen molar-refractivity contribution in [2.45, 2.75) is 10.8 Å². The van der Waals surface area contributed by atoms with E-state index in [1.54, 1.807) is 4.72 Å². The molecule has 16 heavy (non-hydrogen) atoms. The summed E-state index contributed by atoms with van der Waals surface area (Å²) in [5.41, 5.74) is 0. The van der Waals surface area contributed by atoms with E-state index in [-0.39, 0.29) is 9.77 Å². The summed E-state index contributed by atoms with van der Waals surface area (Å²) >= 11 is 1.04. The Morgan fingerprint density at radius 2 is 2.25 bits per heavy atom. The zero-order valence-electron chi connectivity index (χ0n) is 8.09. The van der Waals surface area contributed by atoms with Gasteiger partial charge in [0.2, 0.25) is 0 Å². The number of nitrogens with one attached hydrogen (secondary N) is 1. The predicted molar refractivity (Wildman–Crippen MR) is 54.4 cm³/mol. The van der Waals surface area contributed by atoms with E-state index in [4.69, 9.17) is 0 Å². The third-order valence-corrected chi connectivity index (χ3v) is 4.66. The van der Waals surface area contributed by atoms with Crippen LogP contribution in [0.2, 0.25) is 0 Å². The summed E-state index contributed by atoms with van der Waals surface area (Å²) < 4.78 is 29.3. The van der Waals surface area contributed by atoms with Gasteiger partial charge in [-0.25, -0.2) is 13.1 Å². The number of rotatable bonds is 1. The first-order chi connectivity index (χ1) is 7.47. The van der Waals surface area contributed by atoms with Crippen LogP contribution in [0.15, 0.2) is 16.3 Å². The minimum Gasteiger partial charge on any atom is -0.468 e. The Morgan fingerprint density at radius 3 is 2.88 bits per heavy atom. The molecule has 0 aromatic carbocycles. The van der Waals surface area contributed by atoms with E-state index in [0.717, 1.165) is 18.4 Å². The second-order valence-electron chi connectivity index (χ2n) is 3.08. The molecule has 0 bridgehead atoms. The lowest BCUT2D eigenvalue weighted by Crippen LogP contribution is -2.42. The number of hydrogen-bond donors (Lipinski definition) is 1. The van der Waals surface area contributed by atoms with Gasteiger partial charge < -0.3 is 4.74 Å². The van der Waals surface area contributed by atoms with Crippen molar-refractivity contribution in [2.24, 2.45) is 0 Å². The molecular weight excluding hydrogens is 254 g/mol. The summed E-state index contributed by atoms with van der Waals surface area (Å²) in [6.07, 6.45) is 0. The minimum atomic E-state index is -3.82. The van der Waals surface area contributed by atoms with Gasteiger partial charge in [-0.15, -0.1) is 11.3 Å². The Balaban J connectivity index is 2.61. The number of carbonyl (C=O) groups is 2. The first-order valence-electron chi connectivity index (χ1n) is 4.19. The summed E-state index contributed by atoms with van der Waals surface area (Å²) in [6, 6.07) is 1.35.